The van der Waals surface area contributed by atoms with E-state index >= 15 is 0 Å². The smallest absolute Gasteiger partial charge is 0.137 e. The molecular formula is C15H23FN2O2. The molecule has 0 amide bonds. The lowest BCUT2D eigenvalue weighted by Gasteiger charge is -2.22. The van der Waals surface area contributed by atoms with E-state index in [2.05, 4.69) is 4.90 Å². The van der Waals surface area contributed by atoms with Crippen molar-refractivity contribution in [2.45, 2.75) is 19.1 Å². The number of nitrogens with two attached hydrogens (primary N) is 1. The van der Waals surface area contributed by atoms with Gasteiger partial charge in [0, 0.05) is 25.3 Å². The van der Waals surface area contributed by atoms with Crippen molar-refractivity contribution in [2.75, 3.05) is 34.4 Å². The Morgan fingerprint density at radius 1 is 1.40 bits per heavy atom. The number of ether oxygens (including phenoxy) is 2. The summed E-state index contributed by atoms with van der Waals surface area (Å²) in [4.78, 5) is 2.17. The molecule has 0 saturated carbocycles. The Morgan fingerprint density at radius 3 is 2.70 bits per heavy atom. The van der Waals surface area contributed by atoms with E-state index in [0.717, 1.165) is 13.0 Å². The summed E-state index contributed by atoms with van der Waals surface area (Å²) in [6, 6.07) is 3.70. The Balaban J connectivity index is 2.35. The predicted octanol–water partition coefficient (Wildman–Crippen LogP) is 1.93. The van der Waals surface area contributed by atoms with Crippen LogP contribution >= 0.6 is 0 Å². The van der Waals surface area contributed by atoms with Gasteiger partial charge >= 0.3 is 0 Å². The molecule has 2 unspecified atom stereocenters. The second kappa shape index (κ2) is 6.52. The van der Waals surface area contributed by atoms with E-state index in [1.165, 1.54) is 0 Å². The van der Waals surface area contributed by atoms with Crippen molar-refractivity contribution in [3.63, 3.8) is 0 Å². The second-order valence-corrected chi connectivity index (χ2v) is 5.38. The Kier molecular flexibility index (Phi) is 4.96. The molecule has 0 aromatic heterocycles. The van der Waals surface area contributed by atoms with E-state index in [-0.39, 0.29) is 18.5 Å². The van der Waals surface area contributed by atoms with Gasteiger partial charge in [-0.3, -0.25) is 4.90 Å². The van der Waals surface area contributed by atoms with Crippen molar-refractivity contribution in [3.05, 3.63) is 29.1 Å². The average molecular weight is 282 g/mol. The van der Waals surface area contributed by atoms with Crippen LogP contribution in [-0.4, -0.2) is 39.3 Å². The molecule has 1 aromatic rings. The Hall–Kier alpha value is -1.17. The molecule has 20 heavy (non-hydrogen) atoms. The quantitative estimate of drug-likeness (QED) is 0.896. The van der Waals surface area contributed by atoms with Crippen LogP contribution in [0.25, 0.3) is 0 Å². The average Bonchev–Trinajstić information content (AvgIpc) is 2.82. The van der Waals surface area contributed by atoms with Gasteiger partial charge < -0.3 is 15.2 Å². The number of methoxy groups -OCH3 is 2. The van der Waals surface area contributed by atoms with Gasteiger partial charge in [-0.2, -0.15) is 0 Å². The van der Waals surface area contributed by atoms with Gasteiger partial charge in [0.1, 0.15) is 11.6 Å². The number of nitrogens with zero attached hydrogens (tertiary/aromatic N) is 1. The molecule has 1 heterocycles. The van der Waals surface area contributed by atoms with E-state index in [0.29, 0.717) is 29.3 Å². The van der Waals surface area contributed by atoms with E-state index in [9.17, 15) is 4.39 Å². The van der Waals surface area contributed by atoms with Gasteiger partial charge in [0.2, 0.25) is 0 Å². The van der Waals surface area contributed by atoms with Gasteiger partial charge in [-0.1, -0.05) is 6.07 Å². The Bertz CT molecular complexity index is 467. The number of rotatable bonds is 5. The highest BCUT2D eigenvalue weighted by Gasteiger charge is 2.32. The Morgan fingerprint density at radius 2 is 2.15 bits per heavy atom. The molecule has 2 atom stereocenters. The first-order valence-corrected chi connectivity index (χ1v) is 6.86. The molecule has 1 fully saturated rings. The number of hydrogen-bond acceptors (Lipinski definition) is 4. The topological polar surface area (TPSA) is 47.7 Å². The van der Waals surface area contributed by atoms with Gasteiger partial charge in [-0.15, -0.1) is 0 Å². The SMILES string of the molecule is COCc1c(OC)ccc(C2CC(CN)CN2C)c1F. The van der Waals surface area contributed by atoms with Gasteiger partial charge in [0.05, 0.1) is 19.3 Å². The minimum atomic E-state index is -0.222. The fourth-order valence-electron chi connectivity index (χ4n) is 2.99. The zero-order valence-corrected chi connectivity index (χ0v) is 12.4. The van der Waals surface area contributed by atoms with Crippen molar-refractivity contribution in [1.29, 1.82) is 0 Å². The van der Waals surface area contributed by atoms with Crippen molar-refractivity contribution in [3.8, 4) is 5.75 Å². The second-order valence-electron chi connectivity index (χ2n) is 5.38. The maximum atomic E-state index is 14.7. The molecule has 2 rings (SSSR count). The third kappa shape index (κ3) is 2.80. The third-order valence-corrected chi connectivity index (χ3v) is 4.07. The van der Waals surface area contributed by atoms with Crippen LogP contribution in [0.1, 0.15) is 23.6 Å². The van der Waals surface area contributed by atoms with E-state index < -0.39 is 0 Å². The van der Waals surface area contributed by atoms with Gasteiger partial charge in [0.15, 0.2) is 0 Å². The third-order valence-electron chi connectivity index (χ3n) is 4.07. The molecule has 1 saturated heterocycles. The molecule has 1 aliphatic heterocycles. The molecule has 1 aromatic carbocycles. The minimum absolute atomic E-state index is 0.0741. The van der Waals surface area contributed by atoms with E-state index in [1.54, 1.807) is 14.2 Å². The monoisotopic (exact) mass is 282 g/mol. The highest BCUT2D eigenvalue weighted by atomic mass is 19.1. The highest BCUT2D eigenvalue weighted by molar-refractivity contribution is 5.40. The van der Waals surface area contributed by atoms with Crippen molar-refractivity contribution >= 4 is 0 Å². The largest absolute Gasteiger partial charge is 0.496 e. The number of likely N-dealkylation sites (tertiary alicyclic amines) is 1. The van der Waals surface area contributed by atoms with E-state index in [1.807, 2.05) is 19.2 Å². The van der Waals surface area contributed by atoms with Crippen LogP contribution in [0.3, 0.4) is 0 Å². The fraction of sp³-hybridized carbons (Fsp3) is 0.600. The fourth-order valence-corrected chi connectivity index (χ4v) is 2.99. The number of halogens is 1. The lowest BCUT2D eigenvalue weighted by atomic mass is 9.97. The zero-order valence-electron chi connectivity index (χ0n) is 12.4. The Labute approximate surface area is 119 Å². The minimum Gasteiger partial charge on any atom is -0.496 e. The molecule has 4 nitrogen and oxygen atoms in total. The highest BCUT2D eigenvalue weighted by Crippen LogP contribution is 2.37. The van der Waals surface area contributed by atoms with Crippen molar-refractivity contribution in [1.82, 2.24) is 4.90 Å². The normalized spacial score (nSPS) is 23.2. The standard InChI is InChI=1S/C15H23FN2O2/c1-18-8-10(7-17)6-13(18)11-4-5-14(20-3)12(9-19-2)15(11)16/h4-5,10,13H,6-9,17H2,1-3H3. The summed E-state index contributed by atoms with van der Waals surface area (Å²) in [6.07, 6.45) is 0.892. The summed E-state index contributed by atoms with van der Waals surface area (Å²) >= 11 is 0. The van der Waals surface area contributed by atoms with Crippen LogP contribution in [0.5, 0.6) is 5.75 Å². The van der Waals surface area contributed by atoms with Crippen LogP contribution in [0.15, 0.2) is 12.1 Å². The van der Waals surface area contributed by atoms with Crippen LogP contribution < -0.4 is 10.5 Å². The first-order valence-electron chi connectivity index (χ1n) is 6.86. The van der Waals surface area contributed by atoms with Gasteiger partial charge in [-0.05, 0) is 32.0 Å². The van der Waals surface area contributed by atoms with Gasteiger partial charge in [0.25, 0.3) is 0 Å². The first-order chi connectivity index (χ1) is 9.62. The molecule has 5 heteroatoms. The zero-order chi connectivity index (χ0) is 14.7. The van der Waals surface area contributed by atoms with E-state index in [4.69, 9.17) is 15.2 Å². The summed E-state index contributed by atoms with van der Waals surface area (Å²) in [6.45, 7) is 1.76. The lowest BCUT2D eigenvalue weighted by Crippen LogP contribution is -2.21. The lowest BCUT2D eigenvalue weighted by molar-refractivity contribution is 0.177. The first kappa shape index (κ1) is 15.2. The molecule has 0 bridgehead atoms. The number of hydrogen-bond donors (Lipinski definition) is 1. The maximum absolute atomic E-state index is 14.7. The van der Waals surface area contributed by atoms with Crippen LogP contribution in [-0.2, 0) is 11.3 Å². The molecule has 1 aliphatic rings. The summed E-state index contributed by atoms with van der Waals surface area (Å²) in [7, 11) is 5.11. The number of benzene rings is 1. The van der Waals surface area contributed by atoms with Crippen molar-refractivity contribution < 1.29 is 13.9 Å². The maximum Gasteiger partial charge on any atom is 0.137 e. The molecular weight excluding hydrogens is 259 g/mol. The summed E-state index contributed by atoms with van der Waals surface area (Å²) < 4.78 is 25.0. The molecule has 0 spiro atoms. The molecule has 2 N–H and O–H groups in total. The molecule has 0 radical (unpaired) electrons. The predicted molar refractivity (Wildman–Crippen MR) is 76.2 cm³/mol. The van der Waals surface area contributed by atoms with Gasteiger partial charge in [-0.25, -0.2) is 4.39 Å². The summed E-state index contributed by atoms with van der Waals surface area (Å²) in [5.74, 6) is 0.738. The van der Waals surface area contributed by atoms with Crippen LogP contribution in [0, 0.1) is 11.7 Å². The molecule has 0 aliphatic carbocycles. The van der Waals surface area contributed by atoms with Crippen LogP contribution in [0.2, 0.25) is 0 Å². The van der Waals surface area contributed by atoms with Crippen LogP contribution in [0.4, 0.5) is 4.39 Å². The van der Waals surface area contributed by atoms with Crippen molar-refractivity contribution in [2.24, 2.45) is 11.7 Å². The summed E-state index contributed by atoms with van der Waals surface area (Å²) in [5.41, 5.74) is 6.93. The summed E-state index contributed by atoms with van der Waals surface area (Å²) in [5, 5.41) is 0. The molecule has 112 valence electrons.